The number of hydrogen-bond acceptors (Lipinski definition) is 5. The molecule has 0 fully saturated rings. The lowest BCUT2D eigenvalue weighted by molar-refractivity contribution is 0.154. The third-order valence-electron chi connectivity index (χ3n) is 1.88. The van der Waals surface area contributed by atoms with E-state index in [9.17, 15) is 0 Å². The molecule has 0 spiro atoms. The lowest BCUT2D eigenvalue weighted by Crippen LogP contribution is -2.16. The molecule has 1 aromatic carbocycles. The first kappa shape index (κ1) is 13.6. The predicted octanol–water partition coefficient (Wildman–Crippen LogP) is 0.828. The molecule has 1 heterocycles. The zero-order chi connectivity index (χ0) is 12.5. The Labute approximate surface area is 101 Å². The minimum Gasteiger partial charge on any atom is -0.487 e. The molecule has 0 bridgehead atoms. The minimum absolute atomic E-state index is 0.00940. The van der Waals surface area contributed by atoms with E-state index in [2.05, 4.69) is 0 Å². The van der Waals surface area contributed by atoms with Crippen molar-refractivity contribution in [2.75, 3.05) is 33.0 Å². The van der Waals surface area contributed by atoms with Crippen LogP contribution in [0.25, 0.3) is 0 Å². The maximum absolute atomic E-state index is 8.63. The van der Waals surface area contributed by atoms with Gasteiger partial charge >= 0.3 is 0 Å². The summed E-state index contributed by atoms with van der Waals surface area (Å²) in [4.78, 5) is 0. The molecule has 5 nitrogen and oxygen atoms in total. The van der Waals surface area contributed by atoms with E-state index in [4.69, 9.17) is 24.4 Å². The number of rotatable bonds is 3. The average Bonchev–Trinajstić information content (AvgIpc) is 2.37. The lowest BCUT2D eigenvalue weighted by atomic mass is 10.3. The maximum atomic E-state index is 8.63. The molecule has 0 atom stereocenters. The van der Waals surface area contributed by atoms with Crippen LogP contribution in [0.3, 0.4) is 0 Å². The van der Waals surface area contributed by atoms with Gasteiger partial charge in [-0.2, -0.15) is 0 Å². The summed E-state index contributed by atoms with van der Waals surface area (Å²) in [5, 5.41) is 16.2. The van der Waals surface area contributed by atoms with Crippen molar-refractivity contribution >= 4 is 0 Å². The van der Waals surface area contributed by atoms with Crippen molar-refractivity contribution in [1.82, 2.24) is 0 Å². The Hall–Kier alpha value is -1.46. The molecule has 2 N–H and O–H groups in total. The molecule has 1 aromatic rings. The van der Waals surface area contributed by atoms with Gasteiger partial charge in [0.1, 0.15) is 19.8 Å². The standard InChI is InChI=1S/C10H12O4.C2H6O/c11-4-5-12-8-2-1-3-9-10(8)14-7-6-13-9;1-2-3/h1-3,11H,4-7H2;3H,2H2,1H3. The first-order chi connectivity index (χ1) is 8.33. The quantitative estimate of drug-likeness (QED) is 0.821. The number of aliphatic hydroxyl groups is 2. The predicted molar refractivity (Wildman–Crippen MR) is 62.8 cm³/mol. The number of ether oxygens (including phenoxy) is 3. The molecule has 0 amide bonds. The molecule has 1 aliphatic heterocycles. The highest BCUT2D eigenvalue weighted by Gasteiger charge is 2.16. The zero-order valence-electron chi connectivity index (χ0n) is 9.89. The second-order valence-electron chi connectivity index (χ2n) is 3.17. The fourth-order valence-electron chi connectivity index (χ4n) is 1.32. The molecule has 0 radical (unpaired) electrons. The van der Waals surface area contributed by atoms with Crippen LogP contribution in [-0.4, -0.2) is 43.2 Å². The van der Waals surface area contributed by atoms with E-state index in [1.165, 1.54) is 0 Å². The Morgan fingerprint density at radius 1 is 1.24 bits per heavy atom. The molecule has 0 unspecified atom stereocenters. The molecule has 0 aromatic heterocycles. The van der Waals surface area contributed by atoms with Crippen molar-refractivity contribution in [3.63, 3.8) is 0 Å². The van der Waals surface area contributed by atoms with Gasteiger partial charge < -0.3 is 24.4 Å². The summed E-state index contributed by atoms with van der Waals surface area (Å²) in [6, 6.07) is 5.46. The highest BCUT2D eigenvalue weighted by molar-refractivity contribution is 5.51. The van der Waals surface area contributed by atoms with E-state index in [1.54, 1.807) is 13.0 Å². The van der Waals surface area contributed by atoms with E-state index in [0.717, 1.165) is 0 Å². The van der Waals surface area contributed by atoms with E-state index in [-0.39, 0.29) is 19.8 Å². The van der Waals surface area contributed by atoms with Crippen molar-refractivity contribution in [3.05, 3.63) is 18.2 Å². The third kappa shape index (κ3) is 4.13. The number of fused-ring (bicyclic) bond motifs is 1. The summed E-state index contributed by atoms with van der Waals surface area (Å²) >= 11 is 0. The summed E-state index contributed by atoms with van der Waals surface area (Å²) in [5.74, 6) is 1.95. The van der Waals surface area contributed by atoms with Crippen LogP contribution in [0.2, 0.25) is 0 Å². The molecule has 0 saturated heterocycles. The van der Waals surface area contributed by atoms with Crippen LogP contribution in [0.4, 0.5) is 0 Å². The van der Waals surface area contributed by atoms with Gasteiger partial charge in [0, 0.05) is 6.61 Å². The molecule has 5 heteroatoms. The maximum Gasteiger partial charge on any atom is 0.203 e. The lowest BCUT2D eigenvalue weighted by Gasteiger charge is -2.20. The number of aliphatic hydroxyl groups excluding tert-OH is 2. The van der Waals surface area contributed by atoms with Crippen molar-refractivity contribution in [1.29, 1.82) is 0 Å². The van der Waals surface area contributed by atoms with Gasteiger partial charge in [-0.1, -0.05) is 6.07 Å². The van der Waals surface area contributed by atoms with Gasteiger partial charge in [0.15, 0.2) is 11.5 Å². The Balaban J connectivity index is 0.000000437. The molecule has 2 rings (SSSR count). The number of para-hydroxylation sites is 1. The van der Waals surface area contributed by atoms with Crippen molar-refractivity contribution < 1.29 is 24.4 Å². The van der Waals surface area contributed by atoms with Gasteiger partial charge in [0.05, 0.1) is 6.61 Å². The number of benzene rings is 1. The second-order valence-corrected chi connectivity index (χ2v) is 3.17. The molecule has 96 valence electrons. The van der Waals surface area contributed by atoms with Gasteiger partial charge in [-0.05, 0) is 19.1 Å². The third-order valence-corrected chi connectivity index (χ3v) is 1.88. The first-order valence-electron chi connectivity index (χ1n) is 5.56. The molecular formula is C12H18O5. The summed E-state index contributed by atoms with van der Waals surface area (Å²) in [6.45, 7) is 3.29. The smallest absolute Gasteiger partial charge is 0.203 e. The van der Waals surface area contributed by atoms with Crippen molar-refractivity contribution in [2.45, 2.75) is 6.92 Å². The summed E-state index contributed by atoms with van der Waals surface area (Å²) < 4.78 is 16.1. The molecule has 17 heavy (non-hydrogen) atoms. The van der Waals surface area contributed by atoms with Gasteiger partial charge in [0.25, 0.3) is 0 Å². The normalized spacial score (nSPS) is 12.4. The molecule has 0 saturated carbocycles. The van der Waals surface area contributed by atoms with E-state index in [0.29, 0.717) is 30.5 Å². The molecule has 0 aliphatic carbocycles. The zero-order valence-corrected chi connectivity index (χ0v) is 9.89. The van der Waals surface area contributed by atoms with Crippen LogP contribution in [0.15, 0.2) is 18.2 Å². The highest BCUT2D eigenvalue weighted by Crippen LogP contribution is 2.38. The summed E-state index contributed by atoms with van der Waals surface area (Å²) in [6.07, 6.45) is 0. The van der Waals surface area contributed by atoms with E-state index in [1.807, 2.05) is 12.1 Å². The Morgan fingerprint density at radius 2 is 1.94 bits per heavy atom. The first-order valence-corrected chi connectivity index (χ1v) is 5.56. The molecule has 1 aliphatic rings. The summed E-state index contributed by atoms with van der Waals surface area (Å²) in [7, 11) is 0. The monoisotopic (exact) mass is 242 g/mol. The Kier molecular flexibility index (Phi) is 6.21. The highest BCUT2D eigenvalue weighted by atomic mass is 16.6. The van der Waals surface area contributed by atoms with Crippen LogP contribution in [0.1, 0.15) is 6.92 Å². The second kappa shape index (κ2) is 7.76. The van der Waals surface area contributed by atoms with Crippen LogP contribution >= 0.6 is 0 Å². The van der Waals surface area contributed by atoms with Crippen LogP contribution in [0.5, 0.6) is 17.2 Å². The molecular weight excluding hydrogens is 224 g/mol. The SMILES string of the molecule is CCO.OCCOc1cccc2c1OCCO2. The minimum atomic E-state index is -0.00940. The van der Waals surface area contributed by atoms with Gasteiger partial charge in [-0.3, -0.25) is 0 Å². The average molecular weight is 242 g/mol. The Morgan fingerprint density at radius 3 is 2.65 bits per heavy atom. The van der Waals surface area contributed by atoms with Gasteiger partial charge in [-0.15, -0.1) is 0 Å². The van der Waals surface area contributed by atoms with Gasteiger partial charge in [0.2, 0.25) is 5.75 Å². The van der Waals surface area contributed by atoms with Gasteiger partial charge in [-0.25, -0.2) is 0 Å². The van der Waals surface area contributed by atoms with Crippen molar-refractivity contribution in [2.24, 2.45) is 0 Å². The van der Waals surface area contributed by atoms with Crippen LogP contribution in [-0.2, 0) is 0 Å². The van der Waals surface area contributed by atoms with Crippen LogP contribution < -0.4 is 14.2 Å². The van der Waals surface area contributed by atoms with Crippen LogP contribution in [0, 0.1) is 0 Å². The summed E-state index contributed by atoms with van der Waals surface area (Å²) in [5.41, 5.74) is 0. The van der Waals surface area contributed by atoms with E-state index < -0.39 is 0 Å². The fraction of sp³-hybridized carbons (Fsp3) is 0.500. The number of hydrogen-bond donors (Lipinski definition) is 2. The Bertz CT molecular complexity index is 327. The topological polar surface area (TPSA) is 68.2 Å². The largest absolute Gasteiger partial charge is 0.487 e. The fourth-order valence-corrected chi connectivity index (χ4v) is 1.32. The van der Waals surface area contributed by atoms with E-state index >= 15 is 0 Å². The van der Waals surface area contributed by atoms with Crippen molar-refractivity contribution in [3.8, 4) is 17.2 Å².